The van der Waals surface area contributed by atoms with E-state index in [9.17, 15) is 9.59 Å². The summed E-state index contributed by atoms with van der Waals surface area (Å²) in [5.74, 6) is 0.348. The Labute approximate surface area is 170 Å². The number of ether oxygens (including phenoxy) is 1. The summed E-state index contributed by atoms with van der Waals surface area (Å²) in [4.78, 5) is 29.1. The predicted molar refractivity (Wildman–Crippen MR) is 113 cm³/mol. The first-order valence-corrected chi connectivity index (χ1v) is 9.73. The normalized spacial score (nSPS) is 10.8. The number of aromatic nitrogens is 3. The van der Waals surface area contributed by atoms with Crippen LogP contribution in [0.1, 0.15) is 5.01 Å². The molecule has 29 heavy (non-hydrogen) atoms. The van der Waals surface area contributed by atoms with Crippen LogP contribution in [0.25, 0.3) is 21.5 Å². The van der Waals surface area contributed by atoms with Gasteiger partial charge in [-0.3, -0.25) is 9.59 Å². The van der Waals surface area contributed by atoms with E-state index in [4.69, 9.17) is 4.74 Å². The van der Waals surface area contributed by atoms with Gasteiger partial charge in [0, 0.05) is 17.3 Å². The number of hydrogen-bond acceptors (Lipinski definition) is 6. The van der Waals surface area contributed by atoms with Crippen LogP contribution in [-0.2, 0) is 11.3 Å². The van der Waals surface area contributed by atoms with Crippen molar-refractivity contribution in [1.29, 1.82) is 0 Å². The van der Waals surface area contributed by atoms with Crippen molar-refractivity contribution in [3.8, 4) is 17.0 Å². The summed E-state index contributed by atoms with van der Waals surface area (Å²) < 4.78 is 7.44. The SMILES string of the molecule is COc1cccc(-c2ccc(=O)n(CC(=O)Nc3ccc4sc(C)nc4c3)n2)c1. The maximum absolute atomic E-state index is 12.5. The minimum atomic E-state index is -0.350. The number of nitrogens with zero attached hydrogens (tertiary/aromatic N) is 3. The Kier molecular flexibility index (Phi) is 5.09. The van der Waals surface area contributed by atoms with Crippen LogP contribution in [0, 0.1) is 6.92 Å². The van der Waals surface area contributed by atoms with Crippen molar-refractivity contribution in [2.24, 2.45) is 0 Å². The number of hydrogen-bond donors (Lipinski definition) is 1. The van der Waals surface area contributed by atoms with Crippen molar-refractivity contribution < 1.29 is 9.53 Å². The number of methoxy groups -OCH3 is 1. The Morgan fingerprint density at radius 3 is 2.86 bits per heavy atom. The fraction of sp³-hybridized carbons (Fsp3) is 0.143. The zero-order valence-corrected chi connectivity index (χ0v) is 16.7. The molecule has 0 bridgehead atoms. The van der Waals surface area contributed by atoms with E-state index < -0.39 is 0 Å². The quantitative estimate of drug-likeness (QED) is 0.548. The minimum Gasteiger partial charge on any atom is -0.497 e. The topological polar surface area (TPSA) is 86.1 Å². The zero-order chi connectivity index (χ0) is 20.4. The van der Waals surface area contributed by atoms with Crippen molar-refractivity contribution in [3.05, 3.63) is 70.0 Å². The molecule has 8 heteroatoms. The third-order valence-electron chi connectivity index (χ3n) is 4.30. The molecule has 0 radical (unpaired) electrons. The molecule has 0 saturated heterocycles. The second-order valence-electron chi connectivity index (χ2n) is 6.41. The van der Waals surface area contributed by atoms with Gasteiger partial charge in [0.1, 0.15) is 12.3 Å². The van der Waals surface area contributed by atoms with E-state index in [1.165, 1.54) is 6.07 Å². The van der Waals surface area contributed by atoms with Crippen LogP contribution in [0.4, 0.5) is 5.69 Å². The lowest BCUT2D eigenvalue weighted by molar-refractivity contribution is -0.117. The number of carbonyl (C=O) groups is 1. The van der Waals surface area contributed by atoms with E-state index in [-0.39, 0.29) is 18.0 Å². The fourth-order valence-electron chi connectivity index (χ4n) is 2.96. The van der Waals surface area contributed by atoms with Crippen molar-refractivity contribution in [2.75, 3.05) is 12.4 Å². The van der Waals surface area contributed by atoms with Crippen molar-refractivity contribution in [1.82, 2.24) is 14.8 Å². The van der Waals surface area contributed by atoms with Crippen LogP contribution in [0.3, 0.4) is 0 Å². The van der Waals surface area contributed by atoms with Gasteiger partial charge in [0.15, 0.2) is 0 Å². The van der Waals surface area contributed by atoms with Crippen LogP contribution in [-0.4, -0.2) is 27.8 Å². The second-order valence-corrected chi connectivity index (χ2v) is 7.64. The van der Waals surface area contributed by atoms with Gasteiger partial charge in [-0.25, -0.2) is 9.67 Å². The number of benzene rings is 2. The average Bonchev–Trinajstić information content (AvgIpc) is 3.09. The van der Waals surface area contributed by atoms with E-state index in [0.29, 0.717) is 17.1 Å². The summed E-state index contributed by atoms with van der Waals surface area (Å²) in [6, 6.07) is 15.9. The lowest BCUT2D eigenvalue weighted by Gasteiger charge is -2.09. The number of rotatable bonds is 5. The van der Waals surface area contributed by atoms with Crippen molar-refractivity contribution >= 4 is 33.1 Å². The Bertz CT molecular complexity index is 1260. The molecule has 0 aliphatic carbocycles. The lowest BCUT2D eigenvalue weighted by atomic mass is 10.1. The van der Waals surface area contributed by atoms with Gasteiger partial charge in [0.05, 0.1) is 28.0 Å². The van der Waals surface area contributed by atoms with Crippen LogP contribution in [0.5, 0.6) is 5.75 Å². The Morgan fingerprint density at radius 2 is 2.03 bits per heavy atom. The third-order valence-corrected chi connectivity index (χ3v) is 5.26. The van der Waals surface area contributed by atoms with E-state index >= 15 is 0 Å². The lowest BCUT2D eigenvalue weighted by Crippen LogP contribution is -2.29. The van der Waals surface area contributed by atoms with Crippen LogP contribution in [0.2, 0.25) is 0 Å². The highest BCUT2D eigenvalue weighted by molar-refractivity contribution is 7.18. The molecule has 4 rings (SSSR count). The molecule has 0 spiro atoms. The van der Waals surface area contributed by atoms with Crippen LogP contribution in [0.15, 0.2) is 59.4 Å². The highest BCUT2D eigenvalue weighted by Gasteiger charge is 2.10. The molecule has 0 unspecified atom stereocenters. The van der Waals surface area contributed by atoms with Gasteiger partial charge in [0.2, 0.25) is 5.91 Å². The summed E-state index contributed by atoms with van der Waals surface area (Å²) in [7, 11) is 1.59. The molecule has 4 aromatic rings. The highest BCUT2D eigenvalue weighted by atomic mass is 32.1. The summed E-state index contributed by atoms with van der Waals surface area (Å²) >= 11 is 1.60. The monoisotopic (exact) mass is 406 g/mol. The molecular formula is C21H18N4O3S. The number of carbonyl (C=O) groups excluding carboxylic acids is 1. The zero-order valence-electron chi connectivity index (χ0n) is 15.9. The van der Waals surface area contributed by atoms with Crippen LogP contribution >= 0.6 is 11.3 Å². The summed E-state index contributed by atoms with van der Waals surface area (Å²) in [5.41, 5.74) is 2.49. The molecule has 2 aromatic heterocycles. The fourth-order valence-corrected chi connectivity index (χ4v) is 3.76. The third kappa shape index (κ3) is 4.17. The number of nitrogens with one attached hydrogen (secondary N) is 1. The first-order valence-electron chi connectivity index (χ1n) is 8.91. The molecule has 0 saturated carbocycles. The maximum atomic E-state index is 12.5. The molecule has 7 nitrogen and oxygen atoms in total. The summed E-state index contributed by atoms with van der Waals surface area (Å²) in [6.45, 7) is 1.75. The van der Waals surface area contributed by atoms with Crippen LogP contribution < -0.4 is 15.6 Å². The van der Waals surface area contributed by atoms with Gasteiger partial charge in [-0.1, -0.05) is 12.1 Å². The number of thiazole rings is 1. The van der Waals surface area contributed by atoms with Gasteiger partial charge >= 0.3 is 0 Å². The number of amides is 1. The van der Waals surface area contributed by atoms with Gasteiger partial charge in [-0.15, -0.1) is 11.3 Å². The largest absolute Gasteiger partial charge is 0.497 e. The smallest absolute Gasteiger partial charge is 0.267 e. The summed E-state index contributed by atoms with van der Waals surface area (Å²) in [5, 5.41) is 8.10. The molecule has 1 amide bonds. The molecule has 2 aromatic carbocycles. The maximum Gasteiger partial charge on any atom is 0.267 e. The number of anilines is 1. The second kappa shape index (κ2) is 7.84. The molecule has 0 aliphatic heterocycles. The number of aryl methyl sites for hydroxylation is 1. The van der Waals surface area contributed by atoms with Gasteiger partial charge < -0.3 is 10.1 Å². The van der Waals surface area contributed by atoms with E-state index in [2.05, 4.69) is 15.4 Å². The Morgan fingerprint density at radius 1 is 1.17 bits per heavy atom. The van der Waals surface area contributed by atoms with Gasteiger partial charge in [-0.2, -0.15) is 5.10 Å². The van der Waals surface area contributed by atoms with Gasteiger partial charge in [-0.05, 0) is 43.3 Å². The average molecular weight is 406 g/mol. The molecule has 0 aliphatic rings. The van der Waals surface area contributed by atoms with E-state index in [1.54, 1.807) is 24.5 Å². The molecule has 0 fully saturated rings. The van der Waals surface area contributed by atoms with Gasteiger partial charge in [0.25, 0.3) is 5.56 Å². The molecular weight excluding hydrogens is 388 g/mol. The number of fused-ring (bicyclic) bond motifs is 1. The first-order chi connectivity index (χ1) is 14.0. The van der Waals surface area contributed by atoms with Crippen molar-refractivity contribution in [3.63, 3.8) is 0 Å². The predicted octanol–water partition coefficient (Wildman–Crippen LogP) is 3.48. The Hall–Kier alpha value is -3.52. The highest BCUT2D eigenvalue weighted by Crippen LogP contribution is 2.24. The molecule has 2 heterocycles. The standard InChI is InChI=1S/C21H18N4O3S/c1-13-22-18-11-15(6-8-19(18)29-13)23-20(26)12-25-21(27)9-7-17(24-25)14-4-3-5-16(10-14)28-2/h3-11H,12H2,1-2H3,(H,23,26). The molecule has 146 valence electrons. The van der Waals surface area contributed by atoms with Crippen molar-refractivity contribution in [2.45, 2.75) is 13.5 Å². The van der Waals surface area contributed by atoms with E-state index in [0.717, 1.165) is 25.5 Å². The molecule has 1 N–H and O–H groups in total. The van der Waals surface area contributed by atoms with E-state index in [1.807, 2.05) is 49.4 Å². The Balaban J connectivity index is 1.54. The minimum absolute atomic E-state index is 0.190. The molecule has 0 atom stereocenters. The summed E-state index contributed by atoms with van der Waals surface area (Å²) in [6.07, 6.45) is 0. The first kappa shape index (κ1) is 18.8.